The fourth-order valence-electron chi connectivity index (χ4n) is 2.16. The minimum absolute atomic E-state index is 0. The average molecular weight is 281 g/mol. The van der Waals surface area contributed by atoms with Crippen molar-refractivity contribution in [2.24, 2.45) is 11.7 Å². The first-order chi connectivity index (χ1) is 8.22. The van der Waals surface area contributed by atoms with Crippen molar-refractivity contribution in [3.63, 3.8) is 0 Å². The minimum Gasteiger partial charge on any atom is -0.383 e. The summed E-state index contributed by atoms with van der Waals surface area (Å²) >= 11 is 1.60. The molecule has 0 amide bonds. The molecule has 2 nitrogen and oxygen atoms in total. The molecule has 96 valence electrons. The van der Waals surface area contributed by atoms with Crippen LogP contribution in [0.3, 0.4) is 0 Å². The summed E-state index contributed by atoms with van der Waals surface area (Å²) in [5.41, 5.74) is 6.93. The molecule has 2 aromatic rings. The Morgan fingerprint density at radius 1 is 1.33 bits per heavy atom. The number of halogens is 1. The van der Waals surface area contributed by atoms with Crippen molar-refractivity contribution in [2.45, 2.75) is 25.7 Å². The number of nitrogen functional groups attached to an aromatic ring is 1. The summed E-state index contributed by atoms with van der Waals surface area (Å²) < 4.78 is 1.23. The molecule has 4 heteroatoms. The van der Waals surface area contributed by atoms with Crippen molar-refractivity contribution in [1.29, 1.82) is 5.41 Å². The van der Waals surface area contributed by atoms with Crippen LogP contribution < -0.4 is 5.73 Å². The maximum absolute atomic E-state index is 7.46. The van der Waals surface area contributed by atoms with Gasteiger partial charge in [-0.1, -0.05) is 25.0 Å². The van der Waals surface area contributed by atoms with Crippen LogP contribution in [-0.4, -0.2) is 5.84 Å². The maximum Gasteiger partial charge on any atom is 0.133 e. The summed E-state index contributed by atoms with van der Waals surface area (Å²) in [7, 11) is 0. The standard InChI is InChI=1S/C14H16N2S.ClH/c15-14(16)13-8-11-7-10(4-3-9-1-2-9)5-6-12(11)17-13;/h5-9H,1-4H2,(H3,15,16);1H. The number of fused-ring (bicyclic) bond motifs is 1. The van der Waals surface area contributed by atoms with E-state index in [0.717, 1.165) is 10.8 Å². The third-order valence-electron chi connectivity index (χ3n) is 3.38. The molecule has 1 aromatic heterocycles. The lowest BCUT2D eigenvalue weighted by molar-refractivity contribution is 0.727. The number of aryl methyl sites for hydroxylation is 1. The van der Waals surface area contributed by atoms with E-state index in [9.17, 15) is 0 Å². The van der Waals surface area contributed by atoms with Crippen molar-refractivity contribution < 1.29 is 0 Å². The van der Waals surface area contributed by atoms with E-state index >= 15 is 0 Å². The SMILES string of the molecule is Cl.N=C(N)c1cc2cc(CCC3CC3)ccc2s1. The zero-order valence-corrected chi connectivity index (χ0v) is 11.7. The van der Waals surface area contributed by atoms with Gasteiger partial charge >= 0.3 is 0 Å². The van der Waals surface area contributed by atoms with Gasteiger partial charge < -0.3 is 5.73 Å². The van der Waals surface area contributed by atoms with E-state index < -0.39 is 0 Å². The first kappa shape index (κ1) is 13.4. The minimum atomic E-state index is 0. The molecule has 0 saturated heterocycles. The zero-order valence-electron chi connectivity index (χ0n) is 10.1. The monoisotopic (exact) mass is 280 g/mol. The molecular formula is C14H17ClN2S. The largest absolute Gasteiger partial charge is 0.383 e. The van der Waals surface area contributed by atoms with Crippen molar-refractivity contribution in [2.75, 3.05) is 0 Å². The molecule has 18 heavy (non-hydrogen) atoms. The third-order valence-corrected chi connectivity index (χ3v) is 4.53. The first-order valence-electron chi connectivity index (χ1n) is 6.09. The second kappa shape index (κ2) is 5.29. The van der Waals surface area contributed by atoms with E-state index in [4.69, 9.17) is 11.1 Å². The van der Waals surface area contributed by atoms with Crippen LogP contribution in [0.4, 0.5) is 0 Å². The molecule has 3 rings (SSSR count). The van der Waals surface area contributed by atoms with Crippen LogP contribution in [0, 0.1) is 11.3 Å². The van der Waals surface area contributed by atoms with Gasteiger partial charge in [-0.3, -0.25) is 5.41 Å². The van der Waals surface area contributed by atoms with Crippen LogP contribution >= 0.6 is 23.7 Å². The highest BCUT2D eigenvalue weighted by molar-refractivity contribution is 7.20. The lowest BCUT2D eigenvalue weighted by Gasteiger charge is -2.00. The Labute approximate surface area is 117 Å². The summed E-state index contributed by atoms with van der Waals surface area (Å²) in [6, 6.07) is 8.66. The van der Waals surface area contributed by atoms with Gasteiger partial charge in [0.05, 0.1) is 4.88 Å². The highest BCUT2D eigenvalue weighted by Gasteiger charge is 2.20. The van der Waals surface area contributed by atoms with Crippen LogP contribution in [0.2, 0.25) is 0 Å². The second-order valence-electron chi connectivity index (χ2n) is 4.88. The van der Waals surface area contributed by atoms with Gasteiger partial charge in [-0.05, 0) is 41.8 Å². The van der Waals surface area contributed by atoms with Gasteiger partial charge in [0.1, 0.15) is 5.84 Å². The zero-order chi connectivity index (χ0) is 11.8. The lowest BCUT2D eigenvalue weighted by Crippen LogP contribution is -2.08. The number of benzene rings is 1. The number of amidine groups is 1. The summed E-state index contributed by atoms with van der Waals surface area (Å²) in [5.74, 6) is 1.16. The summed E-state index contributed by atoms with van der Waals surface area (Å²) in [6.45, 7) is 0. The third kappa shape index (κ3) is 2.85. The first-order valence-corrected chi connectivity index (χ1v) is 6.91. The number of thiophene rings is 1. The fraction of sp³-hybridized carbons (Fsp3) is 0.357. The molecule has 0 radical (unpaired) electrons. The molecule has 0 spiro atoms. The molecule has 0 aliphatic heterocycles. The van der Waals surface area contributed by atoms with E-state index in [0.29, 0.717) is 0 Å². The molecule has 1 heterocycles. The summed E-state index contributed by atoms with van der Waals surface area (Å²) in [4.78, 5) is 0.874. The lowest BCUT2D eigenvalue weighted by atomic mass is 10.1. The van der Waals surface area contributed by atoms with Gasteiger partial charge in [0.25, 0.3) is 0 Å². The Morgan fingerprint density at radius 3 is 2.78 bits per heavy atom. The number of rotatable bonds is 4. The van der Waals surface area contributed by atoms with E-state index in [1.54, 1.807) is 11.3 Å². The number of hydrogen-bond donors (Lipinski definition) is 2. The van der Waals surface area contributed by atoms with E-state index in [-0.39, 0.29) is 18.2 Å². The Balaban J connectivity index is 0.00000120. The Bertz CT molecular complexity index is 572. The van der Waals surface area contributed by atoms with Crippen LogP contribution in [-0.2, 0) is 6.42 Å². The van der Waals surface area contributed by atoms with Gasteiger partial charge in [-0.2, -0.15) is 0 Å². The molecule has 1 fully saturated rings. The molecule has 1 aliphatic rings. The van der Waals surface area contributed by atoms with E-state index in [2.05, 4.69) is 18.2 Å². The van der Waals surface area contributed by atoms with Crippen LogP contribution in [0.5, 0.6) is 0 Å². The molecule has 0 atom stereocenters. The number of nitrogens with one attached hydrogen (secondary N) is 1. The molecule has 3 N–H and O–H groups in total. The topological polar surface area (TPSA) is 49.9 Å². The molecule has 0 bridgehead atoms. The Kier molecular flexibility index (Phi) is 3.93. The predicted molar refractivity (Wildman–Crippen MR) is 81.1 cm³/mol. The highest BCUT2D eigenvalue weighted by atomic mass is 35.5. The van der Waals surface area contributed by atoms with Gasteiger partial charge in [-0.15, -0.1) is 23.7 Å². The van der Waals surface area contributed by atoms with E-state index in [1.165, 1.54) is 41.3 Å². The average Bonchev–Trinajstić information content (AvgIpc) is 3.03. The fourth-order valence-corrected chi connectivity index (χ4v) is 3.06. The second-order valence-corrected chi connectivity index (χ2v) is 5.96. The Hall–Kier alpha value is -1.06. The smallest absolute Gasteiger partial charge is 0.133 e. The Morgan fingerprint density at radius 2 is 2.11 bits per heavy atom. The van der Waals surface area contributed by atoms with Crippen LogP contribution in [0.15, 0.2) is 24.3 Å². The molecule has 1 aromatic carbocycles. The van der Waals surface area contributed by atoms with Gasteiger partial charge in [0.15, 0.2) is 0 Å². The van der Waals surface area contributed by atoms with E-state index in [1.807, 2.05) is 6.07 Å². The highest BCUT2D eigenvalue weighted by Crippen LogP contribution is 2.34. The van der Waals surface area contributed by atoms with Crippen LogP contribution in [0.25, 0.3) is 10.1 Å². The van der Waals surface area contributed by atoms with Crippen LogP contribution in [0.1, 0.15) is 29.7 Å². The van der Waals surface area contributed by atoms with Crippen molar-refractivity contribution >= 4 is 39.7 Å². The van der Waals surface area contributed by atoms with Crippen molar-refractivity contribution in [3.05, 3.63) is 34.7 Å². The molecular weight excluding hydrogens is 264 g/mol. The van der Waals surface area contributed by atoms with Gasteiger partial charge in [0.2, 0.25) is 0 Å². The summed E-state index contributed by atoms with van der Waals surface area (Å²) in [6.07, 6.45) is 5.37. The molecule has 0 unspecified atom stereocenters. The van der Waals surface area contributed by atoms with Gasteiger partial charge in [-0.25, -0.2) is 0 Å². The summed E-state index contributed by atoms with van der Waals surface area (Å²) in [5, 5.41) is 8.69. The van der Waals surface area contributed by atoms with Crippen molar-refractivity contribution in [1.82, 2.24) is 0 Å². The quantitative estimate of drug-likeness (QED) is 0.647. The molecule has 1 saturated carbocycles. The predicted octanol–water partition coefficient (Wildman–Crippen LogP) is 3.95. The number of nitrogens with two attached hydrogens (primary N) is 1. The van der Waals surface area contributed by atoms with Gasteiger partial charge in [0, 0.05) is 4.70 Å². The molecule has 1 aliphatic carbocycles. The van der Waals surface area contributed by atoms with Crippen molar-refractivity contribution in [3.8, 4) is 0 Å². The maximum atomic E-state index is 7.46. The normalized spacial score (nSPS) is 14.4. The number of hydrogen-bond acceptors (Lipinski definition) is 2.